The third kappa shape index (κ3) is 6.70. The van der Waals surface area contributed by atoms with E-state index in [2.05, 4.69) is 15.8 Å². The second-order valence-corrected chi connectivity index (χ2v) is 7.01. The van der Waals surface area contributed by atoms with Gasteiger partial charge in [0.2, 0.25) is 0 Å². The maximum absolute atomic E-state index is 12.1. The van der Waals surface area contributed by atoms with Crippen LogP contribution in [0.2, 0.25) is 0 Å². The topological polar surface area (TPSA) is 89.0 Å². The van der Waals surface area contributed by atoms with Gasteiger partial charge in [-0.15, -0.1) is 0 Å². The zero-order valence-corrected chi connectivity index (χ0v) is 17.9. The lowest BCUT2D eigenvalue weighted by molar-refractivity contribution is -0.139. The lowest BCUT2D eigenvalue weighted by atomic mass is 10.1. The summed E-state index contributed by atoms with van der Waals surface area (Å²) in [7, 11) is 1.58. The molecule has 7 heteroatoms. The highest BCUT2D eigenvalue weighted by molar-refractivity contribution is 6.35. The summed E-state index contributed by atoms with van der Waals surface area (Å²) in [6.45, 7) is 2.27. The molecule has 3 aromatic rings. The quantitative estimate of drug-likeness (QED) is 0.324. The van der Waals surface area contributed by atoms with Gasteiger partial charge in [-0.05, 0) is 60.0 Å². The zero-order chi connectivity index (χ0) is 22.8. The highest BCUT2D eigenvalue weighted by Gasteiger charge is 2.16. The van der Waals surface area contributed by atoms with E-state index in [0.717, 1.165) is 28.2 Å². The van der Waals surface area contributed by atoms with Gasteiger partial charge in [-0.3, -0.25) is 9.59 Å². The van der Waals surface area contributed by atoms with Crippen LogP contribution in [0.5, 0.6) is 11.5 Å². The molecule has 0 heterocycles. The van der Waals surface area contributed by atoms with Crippen LogP contribution in [0.15, 0.2) is 84.0 Å². The molecule has 2 amide bonds. The summed E-state index contributed by atoms with van der Waals surface area (Å²) in [6, 6.07) is 24.0. The largest absolute Gasteiger partial charge is 0.497 e. The fourth-order valence-corrected chi connectivity index (χ4v) is 2.85. The molecule has 3 rings (SSSR count). The van der Waals surface area contributed by atoms with Gasteiger partial charge in [0, 0.05) is 0 Å². The van der Waals surface area contributed by atoms with Crippen molar-refractivity contribution in [2.45, 2.75) is 19.6 Å². The molecule has 0 bridgehead atoms. The maximum Gasteiger partial charge on any atom is 0.329 e. The standard InChI is InChI=1S/C25H25N3O4/c1-18(21-10-14-22(31-2)15-11-21)27-24(29)25(30)28-26-16-19-8-12-23(13-9-19)32-17-20-6-4-3-5-7-20/h3-16,18H,17H2,1-2H3,(H,27,29)(H,28,30)/b26-16-/t18-/m0/s1. The van der Waals surface area contributed by atoms with Crippen LogP contribution in [-0.2, 0) is 16.2 Å². The number of carbonyl (C=O) groups is 2. The predicted molar refractivity (Wildman–Crippen MR) is 123 cm³/mol. The predicted octanol–water partition coefficient (Wildman–Crippen LogP) is 3.60. The van der Waals surface area contributed by atoms with Gasteiger partial charge in [0.15, 0.2) is 0 Å². The van der Waals surface area contributed by atoms with Crippen molar-refractivity contribution in [2.24, 2.45) is 5.10 Å². The second-order valence-electron chi connectivity index (χ2n) is 7.01. The molecule has 0 unspecified atom stereocenters. The number of amides is 2. The summed E-state index contributed by atoms with van der Waals surface area (Å²) in [5, 5.41) is 6.48. The molecule has 1 atom stereocenters. The number of hydrogen-bond donors (Lipinski definition) is 2. The Labute approximate surface area is 187 Å². The summed E-state index contributed by atoms with van der Waals surface area (Å²) >= 11 is 0. The van der Waals surface area contributed by atoms with Crippen molar-refractivity contribution in [3.63, 3.8) is 0 Å². The number of nitrogens with one attached hydrogen (secondary N) is 2. The van der Waals surface area contributed by atoms with Crippen LogP contribution in [0.25, 0.3) is 0 Å². The zero-order valence-electron chi connectivity index (χ0n) is 17.9. The molecule has 0 aromatic heterocycles. The van der Waals surface area contributed by atoms with Gasteiger partial charge in [0.05, 0.1) is 19.4 Å². The lowest BCUT2D eigenvalue weighted by Crippen LogP contribution is -2.39. The van der Waals surface area contributed by atoms with Gasteiger partial charge in [-0.25, -0.2) is 5.43 Å². The van der Waals surface area contributed by atoms with E-state index in [4.69, 9.17) is 9.47 Å². The molecule has 0 aliphatic heterocycles. The van der Waals surface area contributed by atoms with Gasteiger partial charge in [0.1, 0.15) is 18.1 Å². The first-order chi connectivity index (χ1) is 15.5. The number of carbonyl (C=O) groups excluding carboxylic acids is 2. The molecule has 2 N–H and O–H groups in total. The summed E-state index contributed by atoms with van der Waals surface area (Å²) in [6.07, 6.45) is 1.46. The Morgan fingerprint density at radius 1 is 0.906 bits per heavy atom. The van der Waals surface area contributed by atoms with Crippen molar-refractivity contribution < 1.29 is 19.1 Å². The van der Waals surface area contributed by atoms with E-state index in [1.54, 1.807) is 26.2 Å². The van der Waals surface area contributed by atoms with Crippen molar-refractivity contribution in [3.05, 3.63) is 95.6 Å². The van der Waals surface area contributed by atoms with E-state index < -0.39 is 11.8 Å². The first-order valence-corrected chi connectivity index (χ1v) is 10.1. The molecule has 164 valence electrons. The molecule has 0 saturated heterocycles. The van der Waals surface area contributed by atoms with E-state index >= 15 is 0 Å². The Morgan fingerprint density at radius 3 is 2.22 bits per heavy atom. The summed E-state index contributed by atoms with van der Waals surface area (Å²) < 4.78 is 10.8. The second kappa shape index (κ2) is 11.3. The highest BCUT2D eigenvalue weighted by atomic mass is 16.5. The molecular weight excluding hydrogens is 406 g/mol. The van der Waals surface area contributed by atoms with Gasteiger partial charge in [-0.2, -0.15) is 5.10 Å². The molecule has 0 fully saturated rings. The number of benzene rings is 3. The average Bonchev–Trinajstić information content (AvgIpc) is 2.84. The number of ether oxygens (including phenoxy) is 2. The minimum atomic E-state index is -0.843. The van der Waals surface area contributed by atoms with Gasteiger partial charge >= 0.3 is 11.8 Å². The smallest absolute Gasteiger partial charge is 0.329 e. The van der Waals surface area contributed by atoms with Crippen molar-refractivity contribution in [3.8, 4) is 11.5 Å². The van der Waals surface area contributed by atoms with Gasteiger partial charge < -0.3 is 14.8 Å². The molecule has 0 radical (unpaired) electrons. The number of hydrogen-bond acceptors (Lipinski definition) is 5. The van der Waals surface area contributed by atoms with Crippen LogP contribution in [-0.4, -0.2) is 25.1 Å². The number of nitrogens with zero attached hydrogens (tertiary/aromatic N) is 1. The molecule has 0 spiro atoms. The van der Waals surface area contributed by atoms with Crippen molar-refractivity contribution in [1.29, 1.82) is 0 Å². The van der Waals surface area contributed by atoms with Crippen molar-refractivity contribution >= 4 is 18.0 Å². The molecule has 7 nitrogen and oxygen atoms in total. The Balaban J connectivity index is 1.44. The van der Waals surface area contributed by atoms with Crippen molar-refractivity contribution in [1.82, 2.24) is 10.7 Å². The van der Waals surface area contributed by atoms with Crippen LogP contribution in [0.3, 0.4) is 0 Å². The first kappa shape index (κ1) is 22.6. The maximum atomic E-state index is 12.1. The Bertz CT molecular complexity index is 1050. The minimum absolute atomic E-state index is 0.341. The van der Waals surface area contributed by atoms with E-state index in [1.807, 2.05) is 66.7 Å². The van der Waals surface area contributed by atoms with Crippen LogP contribution in [0.4, 0.5) is 0 Å². The van der Waals surface area contributed by atoms with Crippen LogP contribution < -0.4 is 20.2 Å². The van der Waals surface area contributed by atoms with Crippen molar-refractivity contribution in [2.75, 3.05) is 7.11 Å². The monoisotopic (exact) mass is 431 g/mol. The Kier molecular flexibility index (Phi) is 7.97. The van der Waals surface area contributed by atoms with Crippen LogP contribution >= 0.6 is 0 Å². The molecule has 0 aliphatic carbocycles. The number of methoxy groups -OCH3 is 1. The Hall–Kier alpha value is -4.13. The van der Waals surface area contributed by atoms with E-state index in [-0.39, 0.29) is 6.04 Å². The number of rotatable bonds is 8. The fraction of sp³-hybridized carbons (Fsp3) is 0.160. The van der Waals surface area contributed by atoms with Gasteiger partial charge in [0.25, 0.3) is 0 Å². The van der Waals surface area contributed by atoms with Crippen LogP contribution in [0, 0.1) is 0 Å². The molecule has 0 saturated carbocycles. The SMILES string of the molecule is COc1ccc([C@H](C)NC(=O)C(=O)N/N=C\c2ccc(OCc3ccccc3)cc2)cc1. The van der Waals surface area contributed by atoms with Gasteiger partial charge in [-0.1, -0.05) is 42.5 Å². The molecule has 3 aromatic carbocycles. The Morgan fingerprint density at radius 2 is 1.56 bits per heavy atom. The summed E-state index contributed by atoms with van der Waals surface area (Å²) in [5.41, 5.74) is 4.92. The molecule has 32 heavy (non-hydrogen) atoms. The summed E-state index contributed by atoms with van der Waals surface area (Å²) in [4.78, 5) is 24.1. The fourth-order valence-electron chi connectivity index (χ4n) is 2.85. The summed E-state index contributed by atoms with van der Waals surface area (Å²) in [5.74, 6) is -0.170. The molecular formula is C25H25N3O4. The lowest BCUT2D eigenvalue weighted by Gasteiger charge is -2.13. The van der Waals surface area contributed by atoms with E-state index in [0.29, 0.717) is 6.61 Å². The third-order valence-corrected chi connectivity index (χ3v) is 4.68. The third-order valence-electron chi connectivity index (χ3n) is 4.68. The van der Waals surface area contributed by atoms with E-state index in [9.17, 15) is 9.59 Å². The molecule has 0 aliphatic rings. The van der Waals surface area contributed by atoms with Crippen LogP contribution in [0.1, 0.15) is 29.7 Å². The first-order valence-electron chi connectivity index (χ1n) is 10.1. The highest BCUT2D eigenvalue weighted by Crippen LogP contribution is 2.17. The normalized spacial score (nSPS) is 11.6. The number of hydrazone groups is 1. The van der Waals surface area contributed by atoms with E-state index in [1.165, 1.54) is 6.21 Å². The minimum Gasteiger partial charge on any atom is -0.497 e. The average molecular weight is 431 g/mol.